The second-order valence-corrected chi connectivity index (χ2v) is 5.15. The SMILES string of the molecule is C=CCOc1ccc(CN[C@H](C)c2ccncc2)cc1Cl. The van der Waals surface area contributed by atoms with Crippen molar-refractivity contribution in [1.82, 2.24) is 10.3 Å². The summed E-state index contributed by atoms with van der Waals surface area (Å²) in [5.41, 5.74) is 2.33. The van der Waals surface area contributed by atoms with Gasteiger partial charge in [0.15, 0.2) is 0 Å². The van der Waals surface area contributed by atoms with Crippen LogP contribution in [0.1, 0.15) is 24.1 Å². The topological polar surface area (TPSA) is 34.1 Å². The van der Waals surface area contributed by atoms with E-state index in [0.29, 0.717) is 17.4 Å². The molecule has 0 fully saturated rings. The maximum absolute atomic E-state index is 6.20. The molecule has 2 aromatic rings. The normalized spacial score (nSPS) is 11.9. The molecule has 0 saturated heterocycles. The van der Waals surface area contributed by atoms with Crippen molar-refractivity contribution in [2.45, 2.75) is 19.5 Å². The molecule has 0 amide bonds. The molecule has 0 aliphatic carbocycles. The maximum atomic E-state index is 6.20. The number of aromatic nitrogens is 1. The monoisotopic (exact) mass is 302 g/mol. The number of pyridine rings is 1. The van der Waals surface area contributed by atoms with Crippen LogP contribution in [0.4, 0.5) is 0 Å². The first-order chi connectivity index (χ1) is 10.2. The van der Waals surface area contributed by atoms with Crippen molar-refractivity contribution >= 4 is 11.6 Å². The highest BCUT2D eigenvalue weighted by molar-refractivity contribution is 6.32. The molecule has 2 rings (SSSR count). The van der Waals surface area contributed by atoms with Gasteiger partial charge in [0.1, 0.15) is 12.4 Å². The van der Waals surface area contributed by atoms with Gasteiger partial charge in [-0.3, -0.25) is 4.98 Å². The van der Waals surface area contributed by atoms with Crippen LogP contribution in [0.25, 0.3) is 0 Å². The fourth-order valence-electron chi connectivity index (χ4n) is 1.96. The van der Waals surface area contributed by atoms with Crippen LogP contribution in [-0.2, 0) is 6.54 Å². The standard InChI is InChI=1S/C17H19ClN2O/c1-3-10-21-17-5-4-14(11-16(17)18)12-20-13(2)15-6-8-19-9-7-15/h3-9,11,13,20H,1,10,12H2,2H3/t13-/m1/s1. The van der Waals surface area contributed by atoms with Gasteiger partial charge in [-0.2, -0.15) is 0 Å². The van der Waals surface area contributed by atoms with Gasteiger partial charge >= 0.3 is 0 Å². The largest absolute Gasteiger partial charge is 0.488 e. The van der Waals surface area contributed by atoms with Crippen LogP contribution in [0.15, 0.2) is 55.4 Å². The Hall–Kier alpha value is -1.84. The minimum absolute atomic E-state index is 0.253. The van der Waals surface area contributed by atoms with Crippen molar-refractivity contribution in [3.05, 3.63) is 71.5 Å². The van der Waals surface area contributed by atoms with Crippen molar-refractivity contribution < 1.29 is 4.74 Å². The summed E-state index contributed by atoms with van der Waals surface area (Å²) in [7, 11) is 0. The van der Waals surface area contributed by atoms with Crippen LogP contribution < -0.4 is 10.1 Å². The van der Waals surface area contributed by atoms with E-state index in [0.717, 1.165) is 12.1 Å². The van der Waals surface area contributed by atoms with Crippen LogP contribution in [0.5, 0.6) is 5.75 Å². The summed E-state index contributed by atoms with van der Waals surface area (Å²) in [6, 6.07) is 10.1. The molecule has 1 N–H and O–H groups in total. The molecular weight excluding hydrogens is 284 g/mol. The third-order valence-electron chi connectivity index (χ3n) is 3.17. The number of hydrogen-bond donors (Lipinski definition) is 1. The van der Waals surface area contributed by atoms with Crippen molar-refractivity contribution in [2.24, 2.45) is 0 Å². The average Bonchev–Trinajstić information content (AvgIpc) is 2.52. The predicted octanol–water partition coefficient (Wildman–Crippen LogP) is 4.15. The van der Waals surface area contributed by atoms with Crippen molar-refractivity contribution in [2.75, 3.05) is 6.61 Å². The number of rotatable bonds is 7. The summed E-state index contributed by atoms with van der Waals surface area (Å²) in [5, 5.41) is 4.08. The lowest BCUT2D eigenvalue weighted by atomic mass is 10.1. The lowest BCUT2D eigenvalue weighted by Crippen LogP contribution is -2.18. The van der Waals surface area contributed by atoms with Crippen LogP contribution in [-0.4, -0.2) is 11.6 Å². The van der Waals surface area contributed by atoms with Gasteiger partial charge in [-0.25, -0.2) is 0 Å². The first-order valence-corrected chi connectivity index (χ1v) is 7.24. The lowest BCUT2D eigenvalue weighted by Gasteiger charge is -2.14. The first-order valence-electron chi connectivity index (χ1n) is 6.86. The van der Waals surface area contributed by atoms with Gasteiger partial charge in [-0.1, -0.05) is 30.3 Å². The molecule has 3 nitrogen and oxygen atoms in total. The third-order valence-corrected chi connectivity index (χ3v) is 3.47. The number of hydrogen-bond acceptors (Lipinski definition) is 3. The predicted molar refractivity (Wildman–Crippen MR) is 86.6 cm³/mol. The molecule has 1 aromatic heterocycles. The highest BCUT2D eigenvalue weighted by Crippen LogP contribution is 2.25. The molecule has 0 aliphatic rings. The quantitative estimate of drug-likeness (QED) is 0.780. The zero-order valence-corrected chi connectivity index (χ0v) is 12.8. The molecule has 0 saturated carbocycles. The minimum atomic E-state index is 0.253. The van der Waals surface area contributed by atoms with Crippen LogP contribution in [0.2, 0.25) is 5.02 Å². The van der Waals surface area contributed by atoms with Crippen molar-refractivity contribution in [3.8, 4) is 5.75 Å². The van der Waals surface area contributed by atoms with Crippen LogP contribution in [0, 0.1) is 0 Å². The molecule has 1 aromatic carbocycles. The summed E-state index contributed by atoms with van der Waals surface area (Å²) in [6.07, 6.45) is 5.30. The third kappa shape index (κ3) is 4.59. The van der Waals surface area contributed by atoms with Crippen molar-refractivity contribution in [1.29, 1.82) is 0 Å². The smallest absolute Gasteiger partial charge is 0.138 e. The molecular formula is C17H19ClN2O. The molecule has 0 bridgehead atoms. The molecule has 110 valence electrons. The summed E-state index contributed by atoms with van der Waals surface area (Å²) in [5.74, 6) is 0.683. The Balaban J connectivity index is 1.94. The van der Waals surface area contributed by atoms with Gasteiger partial charge in [-0.05, 0) is 42.3 Å². The molecule has 0 radical (unpaired) electrons. The van der Waals surface area contributed by atoms with Gasteiger partial charge in [0.05, 0.1) is 5.02 Å². The highest BCUT2D eigenvalue weighted by atomic mass is 35.5. The number of nitrogens with zero attached hydrogens (tertiary/aromatic N) is 1. The molecule has 1 atom stereocenters. The molecule has 0 unspecified atom stereocenters. The average molecular weight is 303 g/mol. The molecule has 1 heterocycles. The van der Waals surface area contributed by atoms with E-state index in [4.69, 9.17) is 16.3 Å². The Bertz CT molecular complexity index is 587. The Labute approximate surface area is 130 Å². The minimum Gasteiger partial charge on any atom is -0.488 e. The molecule has 4 heteroatoms. The fourth-order valence-corrected chi connectivity index (χ4v) is 2.22. The number of ether oxygens (including phenoxy) is 1. The second-order valence-electron chi connectivity index (χ2n) is 4.75. The maximum Gasteiger partial charge on any atom is 0.138 e. The number of benzene rings is 1. The second kappa shape index (κ2) is 7.81. The molecule has 21 heavy (non-hydrogen) atoms. The van der Waals surface area contributed by atoms with Crippen LogP contribution in [0.3, 0.4) is 0 Å². The van der Waals surface area contributed by atoms with E-state index in [1.54, 1.807) is 18.5 Å². The van der Waals surface area contributed by atoms with E-state index >= 15 is 0 Å². The van der Waals surface area contributed by atoms with E-state index < -0.39 is 0 Å². The van der Waals surface area contributed by atoms with Gasteiger partial charge < -0.3 is 10.1 Å². The number of nitrogens with one attached hydrogen (secondary N) is 1. The zero-order valence-electron chi connectivity index (χ0n) is 12.1. The molecule has 0 spiro atoms. The van der Waals surface area contributed by atoms with Gasteiger partial charge in [0.25, 0.3) is 0 Å². The summed E-state index contributed by atoms with van der Waals surface area (Å²) in [6.45, 7) is 6.94. The van der Waals surface area contributed by atoms with E-state index in [2.05, 4.69) is 23.8 Å². The summed E-state index contributed by atoms with van der Waals surface area (Å²) in [4.78, 5) is 4.03. The Kier molecular flexibility index (Phi) is 5.78. The van der Waals surface area contributed by atoms with E-state index in [-0.39, 0.29) is 6.04 Å². The lowest BCUT2D eigenvalue weighted by molar-refractivity contribution is 0.363. The van der Waals surface area contributed by atoms with Gasteiger partial charge in [-0.15, -0.1) is 0 Å². The van der Waals surface area contributed by atoms with Gasteiger partial charge in [0.2, 0.25) is 0 Å². The fraction of sp³-hybridized carbons (Fsp3) is 0.235. The van der Waals surface area contributed by atoms with E-state index in [1.165, 1.54) is 5.56 Å². The Morgan fingerprint density at radius 3 is 2.76 bits per heavy atom. The summed E-state index contributed by atoms with van der Waals surface area (Å²) < 4.78 is 5.46. The Morgan fingerprint density at radius 1 is 1.33 bits per heavy atom. The molecule has 0 aliphatic heterocycles. The van der Waals surface area contributed by atoms with Crippen molar-refractivity contribution in [3.63, 3.8) is 0 Å². The zero-order chi connectivity index (χ0) is 15.1. The van der Waals surface area contributed by atoms with Crippen LogP contribution >= 0.6 is 11.6 Å². The van der Waals surface area contributed by atoms with E-state index in [9.17, 15) is 0 Å². The first kappa shape index (κ1) is 15.5. The van der Waals surface area contributed by atoms with Gasteiger partial charge in [0, 0.05) is 25.0 Å². The highest BCUT2D eigenvalue weighted by Gasteiger charge is 2.06. The number of halogens is 1. The summed E-state index contributed by atoms with van der Waals surface area (Å²) >= 11 is 6.20. The van der Waals surface area contributed by atoms with E-state index in [1.807, 2.05) is 30.3 Å². The Morgan fingerprint density at radius 2 is 2.10 bits per heavy atom.